The zero-order valence-electron chi connectivity index (χ0n) is 11.1. The van der Waals surface area contributed by atoms with E-state index >= 15 is 0 Å². The largest absolute Gasteiger partial charge is 0.280 e. The standard InChI is InChI=1S/C15H16BrNO2S/c1-2-4-12-7-9-15(10-8-12)20(18,19)17-14-6-3-5-13(16)11-14/h3,5-11,17H,2,4H2,1H3. The molecule has 2 rings (SSSR count). The van der Waals surface area contributed by atoms with Gasteiger partial charge >= 0.3 is 0 Å². The van der Waals surface area contributed by atoms with Crippen LogP contribution in [0, 0.1) is 0 Å². The van der Waals surface area contributed by atoms with Crippen molar-refractivity contribution in [1.29, 1.82) is 0 Å². The maximum absolute atomic E-state index is 12.3. The average molecular weight is 354 g/mol. The molecule has 0 aromatic heterocycles. The van der Waals surface area contributed by atoms with Crippen LogP contribution in [-0.2, 0) is 16.4 Å². The van der Waals surface area contributed by atoms with E-state index in [9.17, 15) is 8.42 Å². The second kappa shape index (κ2) is 6.41. The molecule has 0 unspecified atom stereocenters. The van der Waals surface area contributed by atoms with Crippen molar-refractivity contribution in [2.45, 2.75) is 24.7 Å². The summed E-state index contributed by atoms with van der Waals surface area (Å²) in [4.78, 5) is 0.275. The van der Waals surface area contributed by atoms with E-state index < -0.39 is 10.0 Å². The number of nitrogens with one attached hydrogen (secondary N) is 1. The van der Waals surface area contributed by atoms with E-state index in [0.717, 1.165) is 22.9 Å². The third kappa shape index (κ3) is 3.84. The third-order valence-electron chi connectivity index (χ3n) is 2.85. The number of halogens is 1. The van der Waals surface area contributed by atoms with Gasteiger partial charge in [-0.1, -0.05) is 47.5 Å². The van der Waals surface area contributed by atoms with Crippen molar-refractivity contribution < 1.29 is 8.42 Å². The van der Waals surface area contributed by atoms with Crippen LogP contribution in [0.2, 0.25) is 0 Å². The van der Waals surface area contributed by atoms with Gasteiger partial charge in [-0.25, -0.2) is 8.42 Å². The van der Waals surface area contributed by atoms with E-state index in [1.165, 1.54) is 0 Å². The molecular weight excluding hydrogens is 338 g/mol. The Morgan fingerprint density at radius 3 is 2.40 bits per heavy atom. The van der Waals surface area contributed by atoms with Gasteiger partial charge in [0, 0.05) is 10.2 Å². The molecule has 0 heterocycles. The first-order valence-corrected chi connectivity index (χ1v) is 8.66. The van der Waals surface area contributed by atoms with Crippen LogP contribution in [0.1, 0.15) is 18.9 Å². The SMILES string of the molecule is CCCc1ccc(S(=O)(=O)Nc2cccc(Br)c2)cc1. The average Bonchev–Trinajstić information content (AvgIpc) is 2.39. The lowest BCUT2D eigenvalue weighted by Gasteiger charge is -2.09. The molecular formula is C15H16BrNO2S. The van der Waals surface area contributed by atoms with E-state index in [-0.39, 0.29) is 4.90 Å². The minimum Gasteiger partial charge on any atom is -0.280 e. The predicted octanol–water partition coefficient (Wildman–Crippen LogP) is 4.20. The normalized spacial score (nSPS) is 11.3. The van der Waals surface area contributed by atoms with Crippen LogP contribution in [0.3, 0.4) is 0 Å². The molecule has 0 saturated heterocycles. The van der Waals surface area contributed by atoms with Crippen molar-refractivity contribution in [2.75, 3.05) is 4.72 Å². The highest BCUT2D eigenvalue weighted by molar-refractivity contribution is 9.10. The number of aryl methyl sites for hydroxylation is 1. The van der Waals surface area contributed by atoms with Gasteiger partial charge in [0.05, 0.1) is 4.90 Å². The van der Waals surface area contributed by atoms with Crippen LogP contribution >= 0.6 is 15.9 Å². The summed E-state index contributed by atoms with van der Waals surface area (Å²) in [6, 6.07) is 14.1. The third-order valence-corrected chi connectivity index (χ3v) is 4.74. The summed E-state index contributed by atoms with van der Waals surface area (Å²) in [6.07, 6.45) is 2.00. The first-order chi connectivity index (χ1) is 9.51. The highest BCUT2D eigenvalue weighted by Gasteiger charge is 2.13. The lowest BCUT2D eigenvalue weighted by atomic mass is 10.1. The Balaban J connectivity index is 2.21. The number of anilines is 1. The zero-order valence-corrected chi connectivity index (χ0v) is 13.5. The highest BCUT2D eigenvalue weighted by atomic mass is 79.9. The lowest BCUT2D eigenvalue weighted by Crippen LogP contribution is -2.12. The molecule has 0 atom stereocenters. The van der Waals surface area contributed by atoms with Gasteiger partial charge in [0.1, 0.15) is 0 Å². The van der Waals surface area contributed by atoms with Gasteiger partial charge in [0.15, 0.2) is 0 Å². The van der Waals surface area contributed by atoms with Crippen molar-refractivity contribution in [3.63, 3.8) is 0 Å². The molecule has 0 aliphatic rings. The molecule has 2 aromatic carbocycles. The molecule has 5 heteroatoms. The van der Waals surface area contributed by atoms with Crippen LogP contribution < -0.4 is 4.72 Å². The second-order valence-corrected chi connectivity index (χ2v) is 7.11. The fourth-order valence-electron chi connectivity index (χ4n) is 1.89. The molecule has 20 heavy (non-hydrogen) atoms. The van der Waals surface area contributed by atoms with Gasteiger partial charge in [-0.3, -0.25) is 4.72 Å². The minimum absolute atomic E-state index is 0.275. The van der Waals surface area contributed by atoms with Crippen molar-refractivity contribution >= 4 is 31.6 Å². The van der Waals surface area contributed by atoms with Crippen LogP contribution in [-0.4, -0.2) is 8.42 Å². The number of hydrogen-bond donors (Lipinski definition) is 1. The maximum atomic E-state index is 12.3. The molecule has 106 valence electrons. The smallest absolute Gasteiger partial charge is 0.261 e. The van der Waals surface area contributed by atoms with Gasteiger partial charge < -0.3 is 0 Å². The van der Waals surface area contributed by atoms with Crippen LogP contribution in [0.4, 0.5) is 5.69 Å². The fourth-order valence-corrected chi connectivity index (χ4v) is 3.34. The van der Waals surface area contributed by atoms with Crippen molar-refractivity contribution in [2.24, 2.45) is 0 Å². The molecule has 0 spiro atoms. The van der Waals surface area contributed by atoms with Crippen LogP contribution in [0.5, 0.6) is 0 Å². The van der Waals surface area contributed by atoms with Gasteiger partial charge in [0.2, 0.25) is 0 Å². The van der Waals surface area contributed by atoms with Gasteiger partial charge in [-0.2, -0.15) is 0 Å². The van der Waals surface area contributed by atoms with E-state index in [1.54, 1.807) is 30.3 Å². The highest BCUT2D eigenvalue weighted by Crippen LogP contribution is 2.20. The lowest BCUT2D eigenvalue weighted by molar-refractivity contribution is 0.601. The van der Waals surface area contributed by atoms with Crippen molar-refractivity contribution in [1.82, 2.24) is 0 Å². The molecule has 0 aliphatic carbocycles. The summed E-state index contributed by atoms with van der Waals surface area (Å²) >= 11 is 3.32. The number of benzene rings is 2. The summed E-state index contributed by atoms with van der Waals surface area (Å²) in [7, 11) is -3.53. The first kappa shape index (κ1) is 15.1. The second-order valence-electron chi connectivity index (χ2n) is 4.51. The molecule has 3 nitrogen and oxygen atoms in total. The fraction of sp³-hybridized carbons (Fsp3) is 0.200. The van der Waals surface area contributed by atoms with E-state index in [0.29, 0.717) is 5.69 Å². The van der Waals surface area contributed by atoms with E-state index in [4.69, 9.17) is 0 Å². The molecule has 0 fully saturated rings. The molecule has 0 aliphatic heterocycles. The number of rotatable bonds is 5. The Labute approximate surface area is 128 Å². The zero-order chi connectivity index (χ0) is 14.6. The molecule has 0 saturated carbocycles. The summed E-state index contributed by atoms with van der Waals surface area (Å²) < 4.78 is 27.9. The summed E-state index contributed by atoms with van der Waals surface area (Å²) in [5, 5.41) is 0. The topological polar surface area (TPSA) is 46.2 Å². The minimum atomic E-state index is -3.53. The molecule has 0 bridgehead atoms. The van der Waals surface area contributed by atoms with E-state index in [1.807, 2.05) is 18.2 Å². The van der Waals surface area contributed by atoms with Crippen LogP contribution in [0.25, 0.3) is 0 Å². The van der Waals surface area contributed by atoms with Gasteiger partial charge in [-0.15, -0.1) is 0 Å². The molecule has 1 N–H and O–H groups in total. The number of hydrogen-bond acceptors (Lipinski definition) is 2. The summed E-state index contributed by atoms with van der Waals surface area (Å²) in [5.74, 6) is 0. The van der Waals surface area contributed by atoms with E-state index in [2.05, 4.69) is 27.6 Å². The van der Waals surface area contributed by atoms with Gasteiger partial charge in [0.25, 0.3) is 10.0 Å². The number of sulfonamides is 1. The quantitative estimate of drug-likeness (QED) is 0.875. The Hall–Kier alpha value is -1.33. The van der Waals surface area contributed by atoms with Crippen molar-refractivity contribution in [3.05, 3.63) is 58.6 Å². The Bertz CT molecular complexity index is 681. The summed E-state index contributed by atoms with van der Waals surface area (Å²) in [6.45, 7) is 2.10. The Morgan fingerprint density at radius 1 is 1.10 bits per heavy atom. The Kier molecular flexibility index (Phi) is 4.83. The van der Waals surface area contributed by atoms with Crippen LogP contribution in [0.15, 0.2) is 57.9 Å². The predicted molar refractivity (Wildman–Crippen MR) is 85.4 cm³/mol. The summed E-state index contributed by atoms with van der Waals surface area (Å²) in [5.41, 5.74) is 1.69. The monoisotopic (exact) mass is 353 g/mol. The van der Waals surface area contributed by atoms with Crippen molar-refractivity contribution in [3.8, 4) is 0 Å². The molecule has 0 amide bonds. The molecule has 2 aromatic rings. The Morgan fingerprint density at radius 2 is 1.80 bits per heavy atom. The molecule has 0 radical (unpaired) electrons. The maximum Gasteiger partial charge on any atom is 0.261 e. The first-order valence-electron chi connectivity index (χ1n) is 6.38. The van der Waals surface area contributed by atoms with Gasteiger partial charge in [-0.05, 0) is 42.3 Å².